The second-order valence-corrected chi connectivity index (χ2v) is 9.13. The maximum atomic E-state index is 14.7. The van der Waals surface area contributed by atoms with Gasteiger partial charge in [0.05, 0.1) is 5.69 Å². The first-order chi connectivity index (χ1) is 15.8. The van der Waals surface area contributed by atoms with E-state index in [-0.39, 0.29) is 17.8 Å². The number of halogens is 3. The molecule has 176 valence electrons. The van der Waals surface area contributed by atoms with Gasteiger partial charge in [0, 0.05) is 16.6 Å². The average Bonchev–Trinajstić information content (AvgIpc) is 2.79. The molecule has 0 aliphatic carbocycles. The number of para-hydroxylation sites is 1. The van der Waals surface area contributed by atoms with Crippen molar-refractivity contribution in [3.05, 3.63) is 58.1 Å². The molecule has 2 heterocycles. The maximum Gasteiger partial charge on any atom is 0.329 e. The number of carbonyl (C=O) groups is 2. The lowest BCUT2D eigenvalue weighted by molar-refractivity contribution is -0.140. The van der Waals surface area contributed by atoms with E-state index in [2.05, 4.69) is 31.5 Å². The van der Waals surface area contributed by atoms with Gasteiger partial charge in [0.25, 0.3) is 11.6 Å². The van der Waals surface area contributed by atoms with Gasteiger partial charge in [-0.25, -0.2) is 18.5 Å². The Morgan fingerprint density at radius 1 is 1.15 bits per heavy atom. The number of nitrogens with one attached hydrogen (secondary N) is 2. The number of carbonyl (C=O) groups excluding carboxylic acids is 2. The zero-order valence-corrected chi connectivity index (χ0v) is 19.5. The fourth-order valence-electron chi connectivity index (χ4n) is 4.35. The first-order valence-electron chi connectivity index (χ1n) is 10.9. The number of piperidine rings is 1. The molecule has 0 bridgehead atoms. The van der Waals surface area contributed by atoms with Crippen LogP contribution < -0.4 is 15.5 Å². The molecule has 2 aliphatic heterocycles. The van der Waals surface area contributed by atoms with Gasteiger partial charge in [-0.2, -0.15) is 0 Å². The molecule has 0 saturated carbocycles. The number of hydrogen-bond donors (Lipinski definition) is 3. The number of anilines is 2. The fourth-order valence-corrected chi connectivity index (χ4v) is 4.71. The molecule has 4 rings (SSSR count). The number of benzene rings is 2. The maximum absolute atomic E-state index is 14.7. The van der Waals surface area contributed by atoms with Gasteiger partial charge in [0.15, 0.2) is 0 Å². The van der Waals surface area contributed by atoms with E-state index in [0.29, 0.717) is 15.8 Å². The van der Waals surface area contributed by atoms with Crippen LogP contribution >= 0.6 is 15.9 Å². The fraction of sp³-hybridized carbons (Fsp3) is 0.391. The summed E-state index contributed by atoms with van der Waals surface area (Å²) in [7, 11) is 0. The van der Waals surface area contributed by atoms with Gasteiger partial charge >= 0.3 is 6.03 Å². The molecule has 1 atom stereocenters. The Labute approximate surface area is 198 Å². The van der Waals surface area contributed by atoms with Crippen LogP contribution in [-0.2, 0) is 10.5 Å². The molecule has 10 heteroatoms. The van der Waals surface area contributed by atoms with Crippen LogP contribution in [0.1, 0.15) is 31.2 Å². The van der Waals surface area contributed by atoms with Gasteiger partial charge in [-0.3, -0.25) is 4.79 Å². The van der Waals surface area contributed by atoms with E-state index >= 15 is 0 Å². The van der Waals surface area contributed by atoms with Crippen molar-refractivity contribution in [3.8, 4) is 0 Å². The van der Waals surface area contributed by atoms with Crippen molar-refractivity contribution < 1.29 is 23.5 Å². The summed E-state index contributed by atoms with van der Waals surface area (Å²) in [4.78, 5) is 29.0. The van der Waals surface area contributed by atoms with Gasteiger partial charge in [-0.15, -0.1) is 0 Å². The molecule has 7 nitrogen and oxygen atoms in total. The predicted molar refractivity (Wildman–Crippen MR) is 124 cm³/mol. The summed E-state index contributed by atoms with van der Waals surface area (Å²) in [5.74, 6) is -3.11. The lowest BCUT2D eigenvalue weighted by Crippen LogP contribution is -2.63. The standard InChI is InChI=1S/C23H25BrF2N4O3/c24-15-8-9-19-16(14-15)23(33,21(31)27-10-5-13-29-11-2-1-3-12-29)30(22(32)28-19)20-17(25)6-4-7-18(20)26/h4,6-9,14,33H,1-3,5,10-13H2,(H,27,31)(H,28,32). The quantitative estimate of drug-likeness (QED) is 0.502. The number of fused-ring (bicyclic) bond motifs is 1. The Hall–Kier alpha value is -2.56. The minimum absolute atomic E-state index is 0.00680. The van der Waals surface area contributed by atoms with Gasteiger partial charge in [0.2, 0.25) is 0 Å². The summed E-state index contributed by atoms with van der Waals surface area (Å²) in [6, 6.07) is 6.59. The first kappa shape index (κ1) is 23.6. The average molecular weight is 523 g/mol. The summed E-state index contributed by atoms with van der Waals surface area (Å²) < 4.78 is 29.8. The second kappa shape index (κ2) is 9.74. The molecule has 1 fully saturated rings. The molecule has 2 aliphatic rings. The summed E-state index contributed by atoms with van der Waals surface area (Å²) in [6.07, 6.45) is 4.15. The summed E-state index contributed by atoms with van der Waals surface area (Å²) in [5.41, 5.74) is -3.32. The number of nitrogens with zero attached hydrogens (tertiary/aromatic N) is 2. The number of rotatable bonds is 6. The van der Waals surface area contributed by atoms with Crippen molar-refractivity contribution in [2.24, 2.45) is 0 Å². The SMILES string of the molecule is O=C1Nc2ccc(Br)cc2C(O)(C(=O)NCCCN2CCCCC2)N1c1c(F)cccc1F. The van der Waals surface area contributed by atoms with E-state index in [0.717, 1.165) is 50.7 Å². The molecule has 2 aromatic rings. The van der Waals surface area contributed by atoms with Gasteiger partial charge < -0.3 is 20.6 Å². The van der Waals surface area contributed by atoms with Crippen molar-refractivity contribution in [1.29, 1.82) is 0 Å². The third kappa shape index (κ3) is 4.60. The second-order valence-electron chi connectivity index (χ2n) is 8.21. The number of aliphatic hydroxyl groups is 1. The van der Waals surface area contributed by atoms with Crippen molar-refractivity contribution >= 4 is 39.2 Å². The smallest absolute Gasteiger partial charge is 0.329 e. The third-order valence-electron chi connectivity index (χ3n) is 5.99. The number of hydrogen-bond acceptors (Lipinski definition) is 4. The number of likely N-dealkylation sites (tertiary alicyclic amines) is 1. The molecule has 0 radical (unpaired) electrons. The monoisotopic (exact) mass is 522 g/mol. The van der Waals surface area contributed by atoms with Gasteiger partial charge in [-0.1, -0.05) is 28.4 Å². The predicted octanol–water partition coefficient (Wildman–Crippen LogP) is 3.92. The van der Waals surface area contributed by atoms with E-state index in [9.17, 15) is 23.5 Å². The summed E-state index contributed by atoms with van der Waals surface area (Å²) >= 11 is 3.29. The molecule has 0 aromatic heterocycles. The van der Waals surface area contributed by atoms with E-state index in [1.807, 2.05) is 0 Å². The largest absolute Gasteiger partial charge is 0.359 e. The van der Waals surface area contributed by atoms with Crippen molar-refractivity contribution in [3.63, 3.8) is 0 Å². The lowest BCUT2D eigenvalue weighted by atomic mass is 9.94. The van der Waals surface area contributed by atoms with E-state index in [4.69, 9.17) is 0 Å². The third-order valence-corrected chi connectivity index (χ3v) is 6.48. The zero-order chi connectivity index (χ0) is 23.6. The molecular weight excluding hydrogens is 498 g/mol. The van der Waals surface area contributed by atoms with E-state index in [1.54, 1.807) is 6.07 Å². The van der Waals surface area contributed by atoms with Crippen LogP contribution in [0, 0.1) is 11.6 Å². The molecule has 1 unspecified atom stereocenters. The van der Waals surface area contributed by atoms with Gasteiger partial charge in [0.1, 0.15) is 17.3 Å². The van der Waals surface area contributed by atoms with Crippen molar-refractivity contribution in [2.75, 3.05) is 36.4 Å². The van der Waals surface area contributed by atoms with E-state index in [1.165, 1.54) is 18.6 Å². The number of amides is 3. The highest BCUT2D eigenvalue weighted by molar-refractivity contribution is 9.10. The van der Waals surface area contributed by atoms with Crippen LogP contribution in [0.2, 0.25) is 0 Å². The lowest BCUT2D eigenvalue weighted by Gasteiger charge is -2.42. The zero-order valence-electron chi connectivity index (χ0n) is 17.9. The first-order valence-corrected chi connectivity index (χ1v) is 11.7. The molecule has 2 aromatic carbocycles. The van der Waals surface area contributed by atoms with Crippen molar-refractivity contribution in [2.45, 2.75) is 31.4 Å². The van der Waals surface area contributed by atoms with Crippen LogP contribution in [0.3, 0.4) is 0 Å². The molecule has 0 spiro atoms. The minimum atomic E-state index is -2.67. The van der Waals surface area contributed by atoms with Crippen LogP contribution in [0.4, 0.5) is 25.0 Å². The van der Waals surface area contributed by atoms with Gasteiger partial charge in [-0.05, 0) is 69.2 Å². The Morgan fingerprint density at radius 3 is 2.55 bits per heavy atom. The highest BCUT2D eigenvalue weighted by atomic mass is 79.9. The highest BCUT2D eigenvalue weighted by Crippen LogP contribution is 2.42. The Bertz CT molecular complexity index is 1040. The molecule has 1 saturated heterocycles. The highest BCUT2D eigenvalue weighted by Gasteiger charge is 2.53. The van der Waals surface area contributed by atoms with Crippen LogP contribution in [0.5, 0.6) is 0 Å². The Balaban J connectivity index is 1.65. The normalized spacial score (nSPS) is 20.8. The van der Waals surface area contributed by atoms with Crippen LogP contribution in [0.15, 0.2) is 40.9 Å². The molecule has 3 N–H and O–H groups in total. The molecule has 33 heavy (non-hydrogen) atoms. The Kier molecular flexibility index (Phi) is 6.96. The number of urea groups is 1. The van der Waals surface area contributed by atoms with Crippen LogP contribution in [0.25, 0.3) is 0 Å². The summed E-state index contributed by atoms with van der Waals surface area (Å²) in [6.45, 7) is 3.04. The topological polar surface area (TPSA) is 84.9 Å². The van der Waals surface area contributed by atoms with Crippen molar-refractivity contribution in [1.82, 2.24) is 10.2 Å². The molecule has 3 amide bonds. The molecular formula is C23H25BrF2N4O3. The minimum Gasteiger partial charge on any atom is -0.359 e. The van der Waals surface area contributed by atoms with E-state index < -0.39 is 35.0 Å². The van der Waals surface area contributed by atoms with Crippen LogP contribution in [-0.4, -0.2) is 48.1 Å². The Morgan fingerprint density at radius 2 is 1.85 bits per heavy atom. The summed E-state index contributed by atoms with van der Waals surface area (Å²) in [5, 5.41) is 16.8.